The zero-order valence-electron chi connectivity index (χ0n) is 11.4. The first kappa shape index (κ1) is 14.1. The topological polar surface area (TPSA) is 37.8 Å². The molecule has 0 spiro atoms. The van der Waals surface area contributed by atoms with E-state index in [1.165, 1.54) is 17.6 Å². The lowest BCUT2D eigenvalue weighted by atomic mass is 9.99. The van der Waals surface area contributed by atoms with Crippen LogP contribution in [0, 0.1) is 5.82 Å². The van der Waals surface area contributed by atoms with Crippen LogP contribution in [-0.2, 0) is 0 Å². The van der Waals surface area contributed by atoms with Gasteiger partial charge in [0.05, 0.1) is 16.6 Å². The van der Waals surface area contributed by atoms with E-state index in [1.54, 1.807) is 6.07 Å². The first-order valence-electron chi connectivity index (χ1n) is 6.45. The van der Waals surface area contributed by atoms with E-state index in [9.17, 15) is 4.39 Å². The Morgan fingerprint density at radius 3 is 2.68 bits per heavy atom. The molecule has 1 N–H and O–H groups in total. The molecule has 2 rings (SSSR count). The molecule has 2 aromatic rings. The molecule has 0 saturated heterocycles. The molecule has 0 radical (unpaired) electrons. The highest BCUT2D eigenvalue weighted by Gasteiger charge is 2.24. The Labute approximate surface area is 117 Å². The van der Waals surface area contributed by atoms with Crippen LogP contribution in [0.25, 0.3) is 0 Å². The number of aromatic nitrogens is 2. The molecule has 0 amide bonds. The molecule has 102 valence electrons. The maximum atomic E-state index is 14.0. The van der Waals surface area contributed by atoms with E-state index in [1.807, 2.05) is 19.1 Å². The molecule has 1 aromatic carbocycles. The Morgan fingerprint density at radius 2 is 2.05 bits per heavy atom. The lowest BCUT2D eigenvalue weighted by Gasteiger charge is -2.19. The first-order valence-corrected chi connectivity index (χ1v) is 7.22. The van der Waals surface area contributed by atoms with Crippen molar-refractivity contribution >= 4 is 11.5 Å². The summed E-state index contributed by atoms with van der Waals surface area (Å²) >= 11 is 1.34. The minimum absolute atomic E-state index is 0.177. The molecule has 0 aliphatic rings. The first-order chi connectivity index (χ1) is 9.15. The van der Waals surface area contributed by atoms with E-state index >= 15 is 0 Å². The molecule has 5 heteroatoms. The van der Waals surface area contributed by atoms with Gasteiger partial charge in [0.25, 0.3) is 0 Å². The van der Waals surface area contributed by atoms with E-state index in [0.29, 0.717) is 5.56 Å². The van der Waals surface area contributed by atoms with E-state index in [-0.39, 0.29) is 17.8 Å². The van der Waals surface area contributed by atoms with Crippen LogP contribution >= 0.6 is 11.5 Å². The van der Waals surface area contributed by atoms with Gasteiger partial charge >= 0.3 is 0 Å². The maximum Gasteiger partial charge on any atom is 0.128 e. The molecule has 1 heterocycles. The van der Waals surface area contributed by atoms with Gasteiger partial charge in [-0.05, 0) is 30.1 Å². The monoisotopic (exact) mass is 279 g/mol. The zero-order chi connectivity index (χ0) is 13.8. The maximum absolute atomic E-state index is 14.0. The summed E-state index contributed by atoms with van der Waals surface area (Å²) in [4.78, 5) is 1.00. The van der Waals surface area contributed by atoms with Gasteiger partial charge in [0, 0.05) is 5.56 Å². The highest BCUT2D eigenvalue weighted by molar-refractivity contribution is 7.05. The number of hydrogen-bond acceptors (Lipinski definition) is 4. The second-order valence-corrected chi connectivity index (χ2v) is 5.48. The molecular formula is C14H18FN3S. The van der Waals surface area contributed by atoms with Gasteiger partial charge in [-0.1, -0.05) is 43.5 Å². The summed E-state index contributed by atoms with van der Waals surface area (Å²) < 4.78 is 18.0. The van der Waals surface area contributed by atoms with E-state index in [0.717, 1.165) is 17.1 Å². The van der Waals surface area contributed by atoms with Crippen molar-refractivity contribution in [2.24, 2.45) is 0 Å². The third-order valence-electron chi connectivity index (χ3n) is 2.97. The summed E-state index contributed by atoms with van der Waals surface area (Å²) in [5.41, 5.74) is 1.59. The molecule has 0 saturated carbocycles. The van der Waals surface area contributed by atoms with Crippen molar-refractivity contribution in [2.75, 3.05) is 6.54 Å². The quantitative estimate of drug-likeness (QED) is 0.910. The van der Waals surface area contributed by atoms with Gasteiger partial charge < -0.3 is 5.32 Å². The van der Waals surface area contributed by atoms with Crippen LogP contribution in [-0.4, -0.2) is 16.1 Å². The van der Waals surface area contributed by atoms with Gasteiger partial charge in [-0.3, -0.25) is 0 Å². The molecule has 0 aliphatic heterocycles. The van der Waals surface area contributed by atoms with Crippen molar-refractivity contribution in [3.63, 3.8) is 0 Å². The highest BCUT2D eigenvalue weighted by atomic mass is 32.1. The summed E-state index contributed by atoms with van der Waals surface area (Å²) in [5.74, 6) is 0.0817. The Bertz CT molecular complexity index is 539. The number of rotatable bonds is 5. The van der Waals surface area contributed by atoms with Crippen LogP contribution in [0.3, 0.4) is 0 Å². The number of benzene rings is 1. The van der Waals surface area contributed by atoms with Gasteiger partial charge in [0.15, 0.2) is 0 Å². The molecular weight excluding hydrogens is 261 g/mol. The smallest absolute Gasteiger partial charge is 0.128 e. The predicted molar refractivity (Wildman–Crippen MR) is 75.9 cm³/mol. The minimum atomic E-state index is -0.198. The number of hydrogen-bond donors (Lipinski definition) is 1. The predicted octanol–water partition coefficient (Wildman–Crippen LogP) is 3.50. The van der Waals surface area contributed by atoms with Crippen molar-refractivity contribution < 1.29 is 4.39 Å². The summed E-state index contributed by atoms with van der Waals surface area (Å²) in [6.45, 7) is 6.92. The zero-order valence-corrected chi connectivity index (χ0v) is 12.2. The van der Waals surface area contributed by atoms with Gasteiger partial charge in [0.2, 0.25) is 0 Å². The Hall–Kier alpha value is -1.33. The number of halogens is 1. The van der Waals surface area contributed by atoms with E-state index < -0.39 is 0 Å². The van der Waals surface area contributed by atoms with Crippen LogP contribution in [0.2, 0.25) is 0 Å². The average molecular weight is 279 g/mol. The molecule has 3 nitrogen and oxygen atoms in total. The standard InChI is InChI=1S/C14H18FN3S/c1-4-16-13(10-7-5-6-8-11(10)15)14-12(9(2)3)17-18-19-14/h5-9,13,16H,4H2,1-3H3. The van der Waals surface area contributed by atoms with Crippen LogP contribution in [0.5, 0.6) is 0 Å². The second kappa shape index (κ2) is 6.21. The van der Waals surface area contributed by atoms with Crippen molar-refractivity contribution in [1.82, 2.24) is 14.9 Å². The van der Waals surface area contributed by atoms with Gasteiger partial charge in [0.1, 0.15) is 5.82 Å². The lowest BCUT2D eigenvalue weighted by molar-refractivity contribution is 0.558. The van der Waals surface area contributed by atoms with Crippen LogP contribution in [0.1, 0.15) is 48.9 Å². The Kier molecular flexibility index (Phi) is 4.61. The van der Waals surface area contributed by atoms with Gasteiger partial charge in [-0.15, -0.1) is 5.10 Å². The van der Waals surface area contributed by atoms with Gasteiger partial charge in [-0.2, -0.15) is 0 Å². The Morgan fingerprint density at radius 1 is 1.32 bits per heavy atom. The summed E-state index contributed by atoms with van der Waals surface area (Å²) in [6, 6.07) is 6.68. The molecule has 1 unspecified atom stereocenters. The summed E-state index contributed by atoms with van der Waals surface area (Å²) in [7, 11) is 0. The minimum Gasteiger partial charge on any atom is -0.306 e. The largest absolute Gasteiger partial charge is 0.306 e. The van der Waals surface area contributed by atoms with Crippen LogP contribution in [0.4, 0.5) is 4.39 Å². The molecule has 0 bridgehead atoms. The van der Waals surface area contributed by atoms with Crippen molar-refractivity contribution in [3.05, 3.63) is 46.2 Å². The lowest BCUT2D eigenvalue weighted by Crippen LogP contribution is -2.23. The van der Waals surface area contributed by atoms with Crippen molar-refractivity contribution in [3.8, 4) is 0 Å². The van der Waals surface area contributed by atoms with E-state index in [4.69, 9.17) is 0 Å². The number of nitrogens with zero attached hydrogens (tertiary/aromatic N) is 2. The molecule has 1 aromatic heterocycles. The SMILES string of the molecule is CCNC(c1ccccc1F)c1snnc1C(C)C. The number of nitrogens with one attached hydrogen (secondary N) is 1. The van der Waals surface area contributed by atoms with Gasteiger partial charge in [-0.25, -0.2) is 4.39 Å². The van der Waals surface area contributed by atoms with Crippen molar-refractivity contribution in [2.45, 2.75) is 32.7 Å². The molecule has 19 heavy (non-hydrogen) atoms. The fourth-order valence-corrected chi connectivity index (χ4v) is 2.96. The fraction of sp³-hybridized carbons (Fsp3) is 0.429. The van der Waals surface area contributed by atoms with Crippen LogP contribution < -0.4 is 5.32 Å². The van der Waals surface area contributed by atoms with Crippen molar-refractivity contribution in [1.29, 1.82) is 0 Å². The summed E-state index contributed by atoms with van der Waals surface area (Å²) in [5, 5.41) is 7.51. The van der Waals surface area contributed by atoms with Crippen LogP contribution in [0.15, 0.2) is 24.3 Å². The normalized spacial score (nSPS) is 12.9. The fourth-order valence-electron chi connectivity index (χ4n) is 2.06. The second-order valence-electron chi connectivity index (χ2n) is 4.69. The summed E-state index contributed by atoms with van der Waals surface area (Å²) in [6.07, 6.45) is 0. The van der Waals surface area contributed by atoms with E-state index in [2.05, 4.69) is 28.8 Å². The highest BCUT2D eigenvalue weighted by Crippen LogP contribution is 2.31. The average Bonchev–Trinajstić information content (AvgIpc) is 2.86. The Balaban J connectivity index is 2.46. The molecule has 0 fully saturated rings. The third kappa shape index (κ3) is 2.98. The molecule has 1 atom stereocenters. The third-order valence-corrected chi connectivity index (χ3v) is 3.78. The molecule has 0 aliphatic carbocycles.